The van der Waals surface area contributed by atoms with Gasteiger partial charge in [-0.25, -0.2) is 0 Å². The highest BCUT2D eigenvalue weighted by Crippen LogP contribution is 2.28. The lowest BCUT2D eigenvalue weighted by molar-refractivity contribution is -0.384. The lowest BCUT2D eigenvalue weighted by Gasteiger charge is -2.10. The van der Waals surface area contributed by atoms with Gasteiger partial charge < -0.3 is 10.1 Å². The molecule has 0 heterocycles. The second kappa shape index (κ2) is 6.58. The van der Waals surface area contributed by atoms with E-state index in [0.29, 0.717) is 11.4 Å². The second-order valence-corrected chi connectivity index (χ2v) is 5.44. The molecule has 2 aromatic rings. The van der Waals surface area contributed by atoms with E-state index in [9.17, 15) is 10.1 Å². The highest BCUT2D eigenvalue weighted by Gasteiger charge is 2.13. The molecule has 2 aromatic carbocycles. The van der Waals surface area contributed by atoms with Gasteiger partial charge in [-0.05, 0) is 52.2 Å². The molecule has 0 aliphatic rings. The van der Waals surface area contributed by atoms with Crippen molar-refractivity contribution in [2.24, 2.45) is 0 Å². The number of ether oxygens (including phenoxy) is 1. The third kappa shape index (κ3) is 3.72. The van der Waals surface area contributed by atoms with Gasteiger partial charge >= 0.3 is 0 Å². The third-order valence-electron chi connectivity index (χ3n) is 3.01. The molecule has 0 unspecified atom stereocenters. The van der Waals surface area contributed by atoms with Crippen LogP contribution < -0.4 is 10.1 Å². The van der Waals surface area contributed by atoms with Crippen LogP contribution in [0.4, 0.5) is 11.4 Å². The van der Waals surface area contributed by atoms with Gasteiger partial charge in [-0.1, -0.05) is 12.1 Å². The molecule has 0 saturated carbocycles. The zero-order valence-corrected chi connectivity index (χ0v) is 13.3. The molecule has 2 rings (SSSR count). The lowest BCUT2D eigenvalue weighted by atomic mass is 10.2. The van der Waals surface area contributed by atoms with Crippen LogP contribution in [0.25, 0.3) is 0 Å². The Morgan fingerprint density at radius 1 is 1.29 bits per heavy atom. The molecule has 21 heavy (non-hydrogen) atoms. The molecule has 6 heteroatoms. The van der Waals surface area contributed by atoms with Crippen molar-refractivity contribution in [3.8, 4) is 5.75 Å². The summed E-state index contributed by atoms with van der Waals surface area (Å²) in [6, 6.07) is 10.8. The van der Waals surface area contributed by atoms with E-state index in [4.69, 9.17) is 4.74 Å². The van der Waals surface area contributed by atoms with Crippen molar-refractivity contribution in [3.63, 3.8) is 0 Å². The number of halogens is 1. The Hall–Kier alpha value is -2.08. The number of nitro benzene ring substituents is 1. The molecular weight excluding hydrogens is 336 g/mol. The molecule has 0 aliphatic heterocycles. The van der Waals surface area contributed by atoms with Gasteiger partial charge in [0.2, 0.25) is 0 Å². The molecule has 0 amide bonds. The number of hydrogen-bond donors (Lipinski definition) is 1. The average molecular weight is 351 g/mol. The Bertz CT molecular complexity index is 674. The van der Waals surface area contributed by atoms with Crippen LogP contribution in [0.2, 0.25) is 0 Å². The van der Waals surface area contributed by atoms with E-state index in [1.54, 1.807) is 19.2 Å². The topological polar surface area (TPSA) is 64.4 Å². The van der Waals surface area contributed by atoms with Crippen LogP contribution in [0.5, 0.6) is 5.75 Å². The lowest BCUT2D eigenvalue weighted by Crippen LogP contribution is -2.00. The largest absolute Gasteiger partial charge is 0.488 e. The standard InChI is InChI=1S/C15H15BrN2O3/c1-10-3-6-15(12(16)7-10)21-9-11-4-5-13(17-2)14(8-11)18(19)20/h3-8,17H,9H2,1-2H3. The minimum Gasteiger partial charge on any atom is -0.488 e. The Labute approximate surface area is 131 Å². The molecule has 1 N–H and O–H groups in total. The highest BCUT2D eigenvalue weighted by atomic mass is 79.9. The molecule has 0 spiro atoms. The van der Waals surface area contributed by atoms with Crippen molar-refractivity contribution < 1.29 is 9.66 Å². The van der Waals surface area contributed by atoms with Crippen molar-refractivity contribution in [1.29, 1.82) is 0 Å². The number of nitrogens with zero attached hydrogens (tertiary/aromatic N) is 1. The molecule has 0 bridgehead atoms. The summed E-state index contributed by atoms with van der Waals surface area (Å²) in [5.74, 6) is 0.709. The quantitative estimate of drug-likeness (QED) is 0.645. The summed E-state index contributed by atoms with van der Waals surface area (Å²) in [5, 5.41) is 13.8. The number of rotatable bonds is 5. The maximum Gasteiger partial charge on any atom is 0.292 e. The molecule has 0 atom stereocenters. The van der Waals surface area contributed by atoms with Crippen LogP contribution in [-0.4, -0.2) is 12.0 Å². The SMILES string of the molecule is CNc1ccc(COc2ccc(C)cc2Br)cc1[N+](=O)[O-]. The van der Waals surface area contributed by atoms with Gasteiger partial charge in [-0.2, -0.15) is 0 Å². The van der Waals surface area contributed by atoms with Crippen LogP contribution in [0, 0.1) is 17.0 Å². The molecular formula is C15H15BrN2O3. The van der Waals surface area contributed by atoms with Gasteiger partial charge in [0.15, 0.2) is 0 Å². The van der Waals surface area contributed by atoms with E-state index in [-0.39, 0.29) is 12.3 Å². The molecule has 0 saturated heterocycles. The van der Waals surface area contributed by atoms with E-state index >= 15 is 0 Å². The molecule has 5 nitrogen and oxygen atoms in total. The Morgan fingerprint density at radius 3 is 2.67 bits per heavy atom. The fourth-order valence-electron chi connectivity index (χ4n) is 1.91. The summed E-state index contributed by atoms with van der Waals surface area (Å²) >= 11 is 3.44. The minimum atomic E-state index is -0.406. The summed E-state index contributed by atoms with van der Waals surface area (Å²) in [6.45, 7) is 2.26. The first-order valence-electron chi connectivity index (χ1n) is 6.35. The zero-order chi connectivity index (χ0) is 15.4. The Balaban J connectivity index is 2.16. The summed E-state index contributed by atoms with van der Waals surface area (Å²) in [6.07, 6.45) is 0. The molecule has 0 fully saturated rings. The minimum absolute atomic E-state index is 0.0431. The van der Waals surface area contributed by atoms with Gasteiger partial charge in [0, 0.05) is 13.1 Å². The van der Waals surface area contributed by atoms with Gasteiger partial charge in [0.1, 0.15) is 18.0 Å². The van der Waals surface area contributed by atoms with Gasteiger partial charge in [-0.15, -0.1) is 0 Å². The van der Waals surface area contributed by atoms with E-state index in [2.05, 4.69) is 21.2 Å². The van der Waals surface area contributed by atoms with Crippen molar-refractivity contribution in [2.45, 2.75) is 13.5 Å². The number of benzene rings is 2. The number of nitro groups is 1. The van der Waals surface area contributed by atoms with Crippen LogP contribution in [0.1, 0.15) is 11.1 Å². The monoisotopic (exact) mass is 350 g/mol. The molecule has 0 radical (unpaired) electrons. The van der Waals surface area contributed by atoms with E-state index < -0.39 is 4.92 Å². The zero-order valence-electron chi connectivity index (χ0n) is 11.7. The van der Waals surface area contributed by atoms with Crippen molar-refractivity contribution >= 4 is 27.3 Å². The fraction of sp³-hybridized carbons (Fsp3) is 0.200. The number of aryl methyl sites for hydroxylation is 1. The molecule has 0 aromatic heterocycles. The normalized spacial score (nSPS) is 10.2. The smallest absolute Gasteiger partial charge is 0.292 e. The molecule has 110 valence electrons. The van der Waals surface area contributed by atoms with Crippen LogP contribution in [0.15, 0.2) is 40.9 Å². The first kappa shape index (κ1) is 15.3. The first-order valence-corrected chi connectivity index (χ1v) is 7.14. The number of hydrogen-bond acceptors (Lipinski definition) is 4. The van der Waals surface area contributed by atoms with Gasteiger partial charge in [0.25, 0.3) is 5.69 Å². The molecule has 0 aliphatic carbocycles. The highest BCUT2D eigenvalue weighted by molar-refractivity contribution is 9.10. The van der Waals surface area contributed by atoms with Crippen LogP contribution in [-0.2, 0) is 6.61 Å². The fourth-order valence-corrected chi connectivity index (χ4v) is 2.52. The number of anilines is 1. The Morgan fingerprint density at radius 2 is 2.05 bits per heavy atom. The van der Waals surface area contributed by atoms with Crippen LogP contribution in [0.3, 0.4) is 0 Å². The summed E-state index contributed by atoms with van der Waals surface area (Å²) in [4.78, 5) is 10.6. The first-order chi connectivity index (χ1) is 10.0. The summed E-state index contributed by atoms with van der Waals surface area (Å²) in [7, 11) is 1.65. The average Bonchev–Trinajstić information content (AvgIpc) is 2.46. The maximum absolute atomic E-state index is 11.0. The van der Waals surface area contributed by atoms with Gasteiger partial charge in [-0.3, -0.25) is 10.1 Å². The van der Waals surface area contributed by atoms with E-state index in [1.165, 1.54) is 6.07 Å². The van der Waals surface area contributed by atoms with Crippen molar-refractivity contribution in [2.75, 3.05) is 12.4 Å². The predicted octanol–water partition coefficient (Wildman–Crippen LogP) is 4.29. The predicted molar refractivity (Wildman–Crippen MR) is 85.9 cm³/mol. The van der Waals surface area contributed by atoms with Crippen LogP contribution >= 0.6 is 15.9 Å². The summed E-state index contributed by atoms with van der Waals surface area (Å²) < 4.78 is 6.56. The summed E-state index contributed by atoms with van der Waals surface area (Å²) in [5.41, 5.74) is 2.40. The van der Waals surface area contributed by atoms with Gasteiger partial charge in [0.05, 0.1) is 9.40 Å². The number of nitrogens with one attached hydrogen (secondary N) is 1. The van der Waals surface area contributed by atoms with Crippen molar-refractivity contribution in [1.82, 2.24) is 0 Å². The second-order valence-electron chi connectivity index (χ2n) is 4.58. The Kier molecular flexibility index (Phi) is 4.80. The third-order valence-corrected chi connectivity index (χ3v) is 3.63. The van der Waals surface area contributed by atoms with Crippen molar-refractivity contribution in [3.05, 3.63) is 62.1 Å². The van der Waals surface area contributed by atoms with E-state index in [0.717, 1.165) is 15.6 Å². The maximum atomic E-state index is 11.0. The van der Waals surface area contributed by atoms with E-state index in [1.807, 2.05) is 25.1 Å².